The number of carbonyl (C=O) groups excluding carboxylic acids is 1. The number of benzene rings is 1. The number of carbonyl (C=O) groups is 1. The number of aromatic nitrogens is 4. The normalized spacial score (nSPS) is 14.8. The van der Waals surface area contributed by atoms with Gasteiger partial charge >= 0.3 is 0 Å². The average molecular weight is 393 g/mol. The van der Waals surface area contributed by atoms with Crippen LogP contribution in [-0.2, 0) is 0 Å². The van der Waals surface area contributed by atoms with Crippen LogP contribution in [0.3, 0.4) is 0 Å². The molecule has 1 saturated carbocycles. The number of hydrogen-bond acceptors (Lipinski definition) is 6. The zero-order valence-corrected chi connectivity index (χ0v) is 16.0. The molecule has 3 aromatic rings. The van der Waals surface area contributed by atoms with E-state index in [9.17, 15) is 9.59 Å². The van der Waals surface area contributed by atoms with Crippen molar-refractivity contribution < 1.29 is 14.3 Å². The molecule has 0 atom stereocenters. The number of nitrogens with zero attached hydrogens (tertiary/aromatic N) is 3. The number of nitrogens with one attached hydrogen (secondary N) is 2. The third-order valence-corrected chi connectivity index (χ3v) is 5.18. The monoisotopic (exact) mass is 393 g/mol. The van der Waals surface area contributed by atoms with Crippen molar-refractivity contribution in [3.8, 4) is 17.4 Å². The minimum atomic E-state index is -0.321. The van der Waals surface area contributed by atoms with E-state index in [2.05, 4.69) is 20.4 Å². The lowest BCUT2D eigenvalue weighted by Crippen LogP contribution is -2.20. The Labute approximate surface area is 165 Å². The van der Waals surface area contributed by atoms with Gasteiger partial charge in [-0.25, -0.2) is 4.98 Å². The summed E-state index contributed by atoms with van der Waals surface area (Å²) in [4.78, 5) is 32.2. The maximum Gasteiger partial charge on any atom is 0.256 e. The number of ether oxygens (including phenoxy) is 2. The Hall–Kier alpha value is -3.62. The van der Waals surface area contributed by atoms with Crippen LogP contribution in [0.25, 0.3) is 5.95 Å². The van der Waals surface area contributed by atoms with Gasteiger partial charge in [-0.3, -0.25) is 14.6 Å². The van der Waals surface area contributed by atoms with Crippen molar-refractivity contribution in [2.24, 2.45) is 0 Å². The van der Waals surface area contributed by atoms with E-state index in [1.807, 2.05) is 6.07 Å². The number of fused-ring (bicyclic) bond motifs is 1. The van der Waals surface area contributed by atoms with Gasteiger partial charge in [-0.1, -0.05) is 0 Å². The van der Waals surface area contributed by atoms with Crippen LogP contribution in [0.5, 0.6) is 11.5 Å². The Morgan fingerprint density at radius 1 is 1.21 bits per heavy atom. The predicted molar refractivity (Wildman–Crippen MR) is 104 cm³/mol. The number of aryl methyl sites for hydroxylation is 1. The Morgan fingerprint density at radius 2 is 2.00 bits per heavy atom. The molecule has 3 heterocycles. The minimum absolute atomic E-state index is 0.143. The molecule has 1 aliphatic carbocycles. The van der Waals surface area contributed by atoms with Gasteiger partial charge in [-0.15, -0.1) is 0 Å². The van der Waals surface area contributed by atoms with Crippen molar-refractivity contribution in [1.82, 2.24) is 19.7 Å². The molecule has 1 fully saturated rings. The highest BCUT2D eigenvalue weighted by molar-refractivity contribution is 6.04. The van der Waals surface area contributed by atoms with Gasteiger partial charge in [0.15, 0.2) is 11.5 Å². The van der Waals surface area contributed by atoms with Gasteiger partial charge < -0.3 is 14.8 Å². The lowest BCUT2D eigenvalue weighted by Gasteiger charge is -2.09. The molecule has 0 bridgehead atoms. The van der Waals surface area contributed by atoms with Crippen molar-refractivity contribution in [3.05, 3.63) is 57.1 Å². The molecular formula is C20H19N5O4. The van der Waals surface area contributed by atoms with Crippen LogP contribution in [0.15, 0.2) is 29.1 Å². The standard InChI is InChI=1S/C20H19N5O4/c1-10-11(2)21-20(23-18(10)26)25-17(8-14(24-25)12-3-4-12)22-19(27)13-5-6-15-16(7-13)29-9-28-15/h5-8,12H,3-4,9H2,1-2H3,(H,22,27)(H,21,23,26). The van der Waals surface area contributed by atoms with Crippen LogP contribution < -0.4 is 20.3 Å². The molecular weight excluding hydrogens is 374 g/mol. The van der Waals surface area contributed by atoms with Crippen molar-refractivity contribution in [2.45, 2.75) is 32.6 Å². The summed E-state index contributed by atoms with van der Waals surface area (Å²) >= 11 is 0. The number of aromatic amines is 1. The van der Waals surface area contributed by atoms with Crippen molar-refractivity contribution in [1.29, 1.82) is 0 Å². The second-order valence-electron chi connectivity index (χ2n) is 7.26. The van der Waals surface area contributed by atoms with Gasteiger partial charge in [-0.2, -0.15) is 9.78 Å². The van der Waals surface area contributed by atoms with E-state index in [4.69, 9.17) is 9.47 Å². The highest BCUT2D eigenvalue weighted by Crippen LogP contribution is 2.40. The zero-order valence-electron chi connectivity index (χ0n) is 16.0. The first-order valence-corrected chi connectivity index (χ1v) is 9.38. The molecule has 9 heteroatoms. The Bertz CT molecular complexity index is 1190. The van der Waals surface area contributed by atoms with Crippen molar-refractivity contribution in [2.75, 3.05) is 12.1 Å². The summed E-state index contributed by atoms with van der Waals surface area (Å²) in [5.74, 6) is 1.91. The summed E-state index contributed by atoms with van der Waals surface area (Å²) in [5.41, 5.74) is 2.22. The van der Waals surface area contributed by atoms with E-state index in [1.54, 1.807) is 32.0 Å². The summed E-state index contributed by atoms with van der Waals surface area (Å²) in [6.45, 7) is 3.62. The van der Waals surface area contributed by atoms with E-state index >= 15 is 0 Å². The second-order valence-corrected chi connectivity index (χ2v) is 7.26. The first-order chi connectivity index (χ1) is 14.0. The summed E-state index contributed by atoms with van der Waals surface area (Å²) in [5, 5.41) is 7.46. The van der Waals surface area contributed by atoms with Gasteiger partial charge in [0.2, 0.25) is 12.7 Å². The SMILES string of the molecule is Cc1nc(-n2nc(C3CC3)cc2NC(=O)c2ccc3c(c2)OCO3)[nH]c(=O)c1C. The molecule has 9 nitrogen and oxygen atoms in total. The molecule has 2 aromatic heterocycles. The van der Waals surface area contributed by atoms with Crippen LogP contribution in [0.4, 0.5) is 5.82 Å². The topological polar surface area (TPSA) is 111 Å². The first kappa shape index (κ1) is 17.5. The second kappa shape index (κ2) is 6.47. The maximum absolute atomic E-state index is 12.8. The molecule has 0 spiro atoms. The van der Waals surface area contributed by atoms with Crippen LogP contribution in [-0.4, -0.2) is 32.4 Å². The van der Waals surface area contributed by atoms with Crippen LogP contribution in [0.1, 0.15) is 46.1 Å². The largest absolute Gasteiger partial charge is 0.454 e. The predicted octanol–water partition coefficient (Wildman–Crippen LogP) is 2.43. The molecule has 1 aromatic carbocycles. The maximum atomic E-state index is 12.8. The van der Waals surface area contributed by atoms with E-state index < -0.39 is 0 Å². The number of H-pyrrole nitrogens is 1. The van der Waals surface area contributed by atoms with Gasteiger partial charge in [-0.05, 0) is 44.9 Å². The molecule has 2 N–H and O–H groups in total. The number of rotatable bonds is 4. The van der Waals surface area contributed by atoms with Gasteiger partial charge in [0.1, 0.15) is 5.82 Å². The summed E-state index contributed by atoms with van der Waals surface area (Å²) < 4.78 is 12.1. The number of anilines is 1. The molecule has 0 saturated heterocycles. The fourth-order valence-corrected chi connectivity index (χ4v) is 3.19. The van der Waals surface area contributed by atoms with Crippen LogP contribution in [0, 0.1) is 13.8 Å². The molecule has 0 unspecified atom stereocenters. The highest BCUT2D eigenvalue weighted by atomic mass is 16.7. The lowest BCUT2D eigenvalue weighted by molar-refractivity contribution is 0.102. The smallest absolute Gasteiger partial charge is 0.256 e. The van der Waals surface area contributed by atoms with E-state index in [0.717, 1.165) is 18.5 Å². The molecule has 1 aliphatic heterocycles. The van der Waals surface area contributed by atoms with E-state index in [-0.39, 0.29) is 24.2 Å². The van der Waals surface area contributed by atoms with Crippen molar-refractivity contribution in [3.63, 3.8) is 0 Å². The van der Waals surface area contributed by atoms with Crippen LogP contribution >= 0.6 is 0 Å². The summed E-state index contributed by atoms with van der Waals surface area (Å²) in [6.07, 6.45) is 2.12. The Kier molecular flexibility index (Phi) is 3.90. The highest BCUT2D eigenvalue weighted by Gasteiger charge is 2.28. The molecule has 29 heavy (non-hydrogen) atoms. The summed E-state index contributed by atoms with van der Waals surface area (Å²) in [6, 6.07) is 6.84. The van der Waals surface area contributed by atoms with E-state index in [1.165, 1.54) is 4.68 Å². The quantitative estimate of drug-likeness (QED) is 0.704. The molecule has 5 rings (SSSR count). The zero-order chi connectivity index (χ0) is 20.1. The molecule has 0 radical (unpaired) electrons. The molecule has 1 amide bonds. The Balaban J connectivity index is 1.51. The summed E-state index contributed by atoms with van der Waals surface area (Å²) in [7, 11) is 0. The third-order valence-electron chi connectivity index (χ3n) is 5.18. The van der Waals surface area contributed by atoms with Gasteiger partial charge in [0, 0.05) is 28.8 Å². The fourth-order valence-electron chi connectivity index (χ4n) is 3.19. The number of amides is 1. The third kappa shape index (κ3) is 3.14. The van der Waals surface area contributed by atoms with Gasteiger partial charge in [0.05, 0.1) is 5.69 Å². The first-order valence-electron chi connectivity index (χ1n) is 9.38. The lowest BCUT2D eigenvalue weighted by atomic mass is 10.2. The average Bonchev–Trinajstić information content (AvgIpc) is 3.30. The van der Waals surface area contributed by atoms with Crippen molar-refractivity contribution >= 4 is 11.7 Å². The Morgan fingerprint density at radius 3 is 2.76 bits per heavy atom. The van der Waals surface area contributed by atoms with E-state index in [0.29, 0.717) is 40.1 Å². The molecule has 2 aliphatic rings. The molecule has 148 valence electrons. The van der Waals surface area contributed by atoms with Crippen LogP contribution in [0.2, 0.25) is 0 Å². The van der Waals surface area contributed by atoms with Gasteiger partial charge in [0.25, 0.3) is 11.5 Å². The number of hydrogen-bond donors (Lipinski definition) is 2. The minimum Gasteiger partial charge on any atom is -0.454 e. The fraction of sp³-hybridized carbons (Fsp3) is 0.300.